The second-order valence-electron chi connectivity index (χ2n) is 10.7. The Morgan fingerprint density at radius 2 is 1.73 bits per heavy atom. The molecule has 1 saturated carbocycles. The summed E-state index contributed by atoms with van der Waals surface area (Å²) in [6.45, 7) is 3.19. The molecule has 1 aliphatic carbocycles. The third kappa shape index (κ3) is 5.20. The molecule has 210 valence electrons. The highest BCUT2D eigenvalue weighted by Crippen LogP contribution is 2.34. The predicted octanol–water partition coefficient (Wildman–Crippen LogP) is 6.86. The number of nitrogens with zero attached hydrogens (tertiary/aromatic N) is 2. The van der Waals surface area contributed by atoms with Crippen LogP contribution in [0.2, 0.25) is 0 Å². The van der Waals surface area contributed by atoms with Gasteiger partial charge in [0.05, 0.1) is 13.4 Å². The van der Waals surface area contributed by atoms with Crippen molar-refractivity contribution < 1.29 is 18.7 Å². The van der Waals surface area contributed by atoms with E-state index in [1.807, 2.05) is 42.5 Å². The Hall–Kier alpha value is -4.52. The fraction of sp³-hybridized carbons (Fsp3) is 0.294. The number of rotatable bonds is 9. The number of hydrogen-bond donors (Lipinski definition) is 1. The number of carbonyl (C=O) groups is 2. The molecule has 0 unspecified atom stereocenters. The number of methoxy groups -OCH3 is 1. The number of aromatic nitrogens is 1. The van der Waals surface area contributed by atoms with E-state index in [0.29, 0.717) is 0 Å². The maximum atomic E-state index is 14.2. The molecule has 0 bridgehead atoms. The molecule has 7 heteroatoms. The van der Waals surface area contributed by atoms with E-state index in [4.69, 9.17) is 9.15 Å². The Morgan fingerprint density at radius 3 is 2.44 bits per heavy atom. The van der Waals surface area contributed by atoms with Crippen LogP contribution in [0.1, 0.15) is 60.3 Å². The molecule has 2 aromatic heterocycles. The molecule has 1 fully saturated rings. The van der Waals surface area contributed by atoms with Crippen LogP contribution in [-0.2, 0) is 17.9 Å². The van der Waals surface area contributed by atoms with Gasteiger partial charge in [-0.15, -0.1) is 0 Å². The van der Waals surface area contributed by atoms with E-state index in [1.54, 1.807) is 24.1 Å². The molecule has 41 heavy (non-hydrogen) atoms. The largest absolute Gasteiger partial charge is 0.497 e. The first-order chi connectivity index (χ1) is 20.1. The molecule has 1 aliphatic rings. The molecular weight excluding hydrogens is 514 g/mol. The molecule has 2 heterocycles. The number of benzene rings is 3. The SMILES string of the molecule is CCn1c2ccccc2c2cc([C@H](C(=O)NC3CCCC3)N(Cc3ccc(OC)cc3)C(=O)c3ccco3)ccc21. The number of amides is 2. The zero-order chi connectivity index (χ0) is 28.3. The van der Waals surface area contributed by atoms with E-state index in [-0.39, 0.29) is 30.2 Å². The lowest BCUT2D eigenvalue weighted by Crippen LogP contribution is -2.45. The van der Waals surface area contributed by atoms with E-state index >= 15 is 0 Å². The van der Waals surface area contributed by atoms with Crippen LogP contribution >= 0.6 is 0 Å². The van der Waals surface area contributed by atoms with Crippen LogP contribution in [0, 0.1) is 0 Å². The number of nitrogens with one attached hydrogen (secondary N) is 1. The van der Waals surface area contributed by atoms with Crippen molar-refractivity contribution in [2.75, 3.05) is 7.11 Å². The Kier molecular flexibility index (Phi) is 7.51. The highest BCUT2D eigenvalue weighted by molar-refractivity contribution is 6.08. The van der Waals surface area contributed by atoms with Crippen LogP contribution in [0.5, 0.6) is 5.75 Å². The van der Waals surface area contributed by atoms with Gasteiger partial charge in [0.25, 0.3) is 5.91 Å². The molecule has 7 nitrogen and oxygen atoms in total. The maximum Gasteiger partial charge on any atom is 0.290 e. The van der Waals surface area contributed by atoms with E-state index in [9.17, 15) is 9.59 Å². The molecule has 0 radical (unpaired) electrons. The highest BCUT2D eigenvalue weighted by Gasteiger charge is 2.35. The summed E-state index contributed by atoms with van der Waals surface area (Å²) in [7, 11) is 1.62. The van der Waals surface area contributed by atoms with Crippen LogP contribution in [0.4, 0.5) is 0 Å². The fourth-order valence-corrected chi connectivity index (χ4v) is 6.15. The molecule has 0 aliphatic heterocycles. The van der Waals surface area contributed by atoms with Gasteiger partial charge in [-0.05, 0) is 73.4 Å². The van der Waals surface area contributed by atoms with Crippen LogP contribution < -0.4 is 10.1 Å². The lowest BCUT2D eigenvalue weighted by atomic mass is 9.99. The van der Waals surface area contributed by atoms with Crippen molar-refractivity contribution in [1.29, 1.82) is 0 Å². The van der Waals surface area contributed by atoms with Crippen LogP contribution in [0.3, 0.4) is 0 Å². The van der Waals surface area contributed by atoms with Crippen molar-refractivity contribution in [1.82, 2.24) is 14.8 Å². The van der Waals surface area contributed by atoms with Gasteiger partial charge in [0, 0.05) is 40.9 Å². The molecule has 2 amide bonds. The summed E-state index contributed by atoms with van der Waals surface area (Å²) >= 11 is 0. The summed E-state index contributed by atoms with van der Waals surface area (Å²) < 4.78 is 13.2. The van der Waals surface area contributed by atoms with E-state index in [2.05, 4.69) is 41.1 Å². The highest BCUT2D eigenvalue weighted by atomic mass is 16.5. The second kappa shape index (κ2) is 11.5. The van der Waals surface area contributed by atoms with Crippen molar-refractivity contribution in [2.45, 2.75) is 57.8 Å². The number of aryl methyl sites for hydroxylation is 1. The molecular formula is C34H35N3O4. The predicted molar refractivity (Wildman–Crippen MR) is 160 cm³/mol. The zero-order valence-electron chi connectivity index (χ0n) is 23.5. The van der Waals surface area contributed by atoms with Gasteiger partial charge in [0.1, 0.15) is 11.8 Å². The van der Waals surface area contributed by atoms with E-state index in [1.165, 1.54) is 6.26 Å². The minimum atomic E-state index is -0.858. The summed E-state index contributed by atoms with van der Waals surface area (Å²) in [4.78, 5) is 29.9. The van der Waals surface area contributed by atoms with Gasteiger partial charge in [0.2, 0.25) is 5.91 Å². The quantitative estimate of drug-likeness (QED) is 0.218. The number of fused-ring (bicyclic) bond motifs is 3. The van der Waals surface area contributed by atoms with Gasteiger partial charge in [-0.1, -0.05) is 49.2 Å². The smallest absolute Gasteiger partial charge is 0.290 e. The van der Waals surface area contributed by atoms with Crippen molar-refractivity contribution in [3.05, 3.63) is 102 Å². The monoisotopic (exact) mass is 549 g/mol. The molecule has 5 aromatic rings. The maximum absolute atomic E-state index is 14.2. The molecule has 0 spiro atoms. The fourth-order valence-electron chi connectivity index (χ4n) is 6.15. The van der Waals surface area contributed by atoms with Gasteiger partial charge in [0.15, 0.2) is 5.76 Å². The Labute approximate surface area is 239 Å². The summed E-state index contributed by atoms with van der Waals surface area (Å²) in [5.41, 5.74) is 3.90. The minimum Gasteiger partial charge on any atom is -0.497 e. The summed E-state index contributed by atoms with van der Waals surface area (Å²) in [5.74, 6) is 0.407. The van der Waals surface area contributed by atoms with Crippen molar-refractivity contribution >= 4 is 33.6 Å². The number of ether oxygens (including phenoxy) is 1. The van der Waals surface area contributed by atoms with Gasteiger partial charge in [-0.3, -0.25) is 9.59 Å². The Balaban J connectivity index is 1.49. The lowest BCUT2D eigenvalue weighted by molar-refractivity contribution is -0.126. The van der Waals surface area contributed by atoms with Gasteiger partial charge >= 0.3 is 0 Å². The minimum absolute atomic E-state index is 0.109. The average molecular weight is 550 g/mol. The van der Waals surface area contributed by atoms with Crippen LogP contribution in [0.15, 0.2) is 89.5 Å². The first kappa shape index (κ1) is 26.7. The second-order valence-corrected chi connectivity index (χ2v) is 10.7. The Morgan fingerprint density at radius 1 is 0.976 bits per heavy atom. The van der Waals surface area contributed by atoms with Gasteiger partial charge in [-0.2, -0.15) is 0 Å². The van der Waals surface area contributed by atoms with E-state index < -0.39 is 6.04 Å². The Bertz CT molecular complexity index is 1660. The summed E-state index contributed by atoms with van der Waals surface area (Å²) in [6, 6.07) is 24.6. The lowest BCUT2D eigenvalue weighted by Gasteiger charge is -2.32. The summed E-state index contributed by atoms with van der Waals surface area (Å²) in [6.07, 6.45) is 5.58. The molecule has 1 N–H and O–H groups in total. The molecule has 6 rings (SSSR count). The third-order valence-electron chi connectivity index (χ3n) is 8.19. The zero-order valence-corrected chi connectivity index (χ0v) is 23.5. The third-order valence-corrected chi connectivity index (χ3v) is 8.19. The topological polar surface area (TPSA) is 76.7 Å². The van der Waals surface area contributed by atoms with Gasteiger partial charge < -0.3 is 23.9 Å². The van der Waals surface area contributed by atoms with Crippen molar-refractivity contribution in [2.24, 2.45) is 0 Å². The number of para-hydroxylation sites is 1. The standard InChI is InChI=1S/C34H35N3O4/c1-3-36-29-12-7-6-11-27(29)28-21-24(16-19-30(28)36)32(33(38)35-25-9-4-5-10-25)37(34(39)31-13-8-20-41-31)22-23-14-17-26(40-2)18-15-23/h6-8,11-21,25,32H,3-5,9-10,22H2,1-2H3,(H,35,38)/t32-/m1/s1. The van der Waals surface area contributed by atoms with Gasteiger partial charge in [-0.25, -0.2) is 0 Å². The molecule has 1 atom stereocenters. The van der Waals surface area contributed by atoms with Crippen molar-refractivity contribution in [3.63, 3.8) is 0 Å². The van der Waals surface area contributed by atoms with Crippen LogP contribution in [-0.4, -0.2) is 34.4 Å². The summed E-state index contributed by atoms with van der Waals surface area (Å²) in [5, 5.41) is 5.46. The first-order valence-corrected chi connectivity index (χ1v) is 14.4. The molecule has 0 saturated heterocycles. The number of hydrogen-bond acceptors (Lipinski definition) is 4. The molecule has 3 aromatic carbocycles. The normalized spacial score (nSPS) is 14.4. The number of carbonyl (C=O) groups excluding carboxylic acids is 2. The first-order valence-electron chi connectivity index (χ1n) is 14.4. The van der Waals surface area contributed by atoms with Crippen LogP contribution in [0.25, 0.3) is 21.8 Å². The van der Waals surface area contributed by atoms with E-state index in [0.717, 1.165) is 70.9 Å². The average Bonchev–Trinajstić information content (AvgIpc) is 3.78. The van der Waals surface area contributed by atoms with Crippen molar-refractivity contribution in [3.8, 4) is 5.75 Å². The number of furan rings is 1.